The van der Waals surface area contributed by atoms with Crippen LogP contribution < -0.4 is 5.31 Å². The zero-order valence-corrected chi connectivity index (χ0v) is 5.76. The van der Waals surface area contributed by atoms with Gasteiger partial charge in [0, 0.05) is 18.4 Å². The molecule has 1 aromatic rings. The first-order valence-electron chi connectivity index (χ1n) is 8.47. The van der Waals surface area contributed by atoms with Crippen LogP contribution in [0, 0.1) is 0 Å². The fourth-order valence-corrected chi connectivity index (χ4v) is 0.627. The van der Waals surface area contributed by atoms with Crippen molar-refractivity contribution >= 4 is 0 Å². The molecule has 0 heterocycles. The van der Waals surface area contributed by atoms with Crippen LogP contribution in [0.5, 0.6) is 0 Å². The standard InChI is InChI=1S/C10H15N/c1-9(11-2)8-10-6-4-3-5-7-10/h3-7,9,11H,8H2,1-2H3/i1D3,2D3,6D,8D2,9D/hD. The molecule has 0 aliphatic heterocycles. The van der Waals surface area contributed by atoms with Crippen LogP contribution in [0.3, 0.4) is 0 Å². The Bertz CT molecular complexity index is 534. The highest BCUT2D eigenvalue weighted by Gasteiger charge is 1.97. The smallest absolute Gasteiger partial charge is 0.122 e. The molecule has 0 aliphatic rings. The molecule has 1 aromatic carbocycles. The first-order chi connectivity index (χ1) is 9.67. The van der Waals surface area contributed by atoms with E-state index >= 15 is 0 Å². The lowest BCUT2D eigenvalue weighted by Crippen LogP contribution is -2.23. The van der Waals surface area contributed by atoms with E-state index in [9.17, 15) is 0 Å². The average molecular weight is 160 g/mol. The summed E-state index contributed by atoms with van der Waals surface area (Å²) in [5.41, 5.74) is -0.470. The van der Waals surface area contributed by atoms with Crippen molar-refractivity contribution in [2.45, 2.75) is 19.2 Å². The van der Waals surface area contributed by atoms with Crippen LogP contribution in [0.25, 0.3) is 0 Å². The van der Waals surface area contributed by atoms with Crippen molar-refractivity contribution in [2.75, 3.05) is 6.98 Å². The molecular formula is C10H15N. The van der Waals surface area contributed by atoms with Crippen LogP contribution in [0.1, 0.15) is 26.1 Å². The van der Waals surface area contributed by atoms with Crippen molar-refractivity contribution in [3.8, 4) is 0 Å². The van der Waals surface area contributed by atoms with Gasteiger partial charge in [-0.2, -0.15) is 0 Å². The summed E-state index contributed by atoms with van der Waals surface area (Å²) < 4.78 is 83.0. The zero-order valence-electron chi connectivity index (χ0n) is 16.8. The molecule has 0 fully saturated rings. The Morgan fingerprint density at radius 2 is 2.91 bits per heavy atom. The minimum Gasteiger partial charge on any atom is -0.317 e. The number of rotatable bonds is 3. The van der Waals surface area contributed by atoms with Gasteiger partial charge in [-0.1, -0.05) is 30.3 Å². The van der Waals surface area contributed by atoms with Gasteiger partial charge >= 0.3 is 0 Å². The Balaban J connectivity index is 3.63. The first-order valence-corrected chi connectivity index (χ1v) is 3.02. The molecule has 1 N–H and O–H groups in total. The predicted molar refractivity (Wildman–Crippen MR) is 48.7 cm³/mol. The van der Waals surface area contributed by atoms with Crippen molar-refractivity contribution < 1.29 is 15.1 Å². The average Bonchev–Trinajstić information content (AvgIpc) is 2.34. The summed E-state index contributed by atoms with van der Waals surface area (Å²) in [5, 5.41) is -0.528. The van der Waals surface area contributed by atoms with E-state index in [4.69, 9.17) is 15.1 Å². The molecule has 1 nitrogen and oxygen atoms in total. The molecule has 1 atom stereocenters. The summed E-state index contributed by atoms with van der Waals surface area (Å²) in [6.07, 6.45) is -3.10. The van der Waals surface area contributed by atoms with Gasteiger partial charge in [0.25, 0.3) is 0 Å². The fourth-order valence-electron chi connectivity index (χ4n) is 0.627. The molecule has 1 rings (SSSR count). The van der Waals surface area contributed by atoms with Crippen molar-refractivity contribution in [3.05, 3.63) is 35.9 Å². The number of hydrogen-bond acceptors (Lipinski definition) is 1. The Hall–Kier alpha value is -0.820. The molecule has 0 saturated carbocycles. The molecule has 0 radical (unpaired) electrons. The van der Waals surface area contributed by atoms with Gasteiger partial charge in [-0.3, -0.25) is 0 Å². The van der Waals surface area contributed by atoms with Crippen molar-refractivity contribution in [2.24, 2.45) is 0 Å². The summed E-state index contributed by atoms with van der Waals surface area (Å²) in [5.74, 6) is 0. The Labute approximate surface area is 84.0 Å². The normalized spacial score (nSPS) is 34.5. The van der Waals surface area contributed by atoms with Crippen LogP contribution in [0.15, 0.2) is 30.3 Å². The van der Waals surface area contributed by atoms with E-state index < -0.39 is 37.1 Å². The maximum Gasteiger partial charge on any atom is 0.122 e. The monoisotopic (exact) mass is 160 g/mol. The topological polar surface area (TPSA) is 12.0 Å². The van der Waals surface area contributed by atoms with E-state index in [2.05, 4.69) is 0 Å². The molecule has 11 heavy (non-hydrogen) atoms. The number of hydrogen-bond donors (Lipinski definition) is 1. The molecule has 0 amide bonds. The largest absolute Gasteiger partial charge is 0.317 e. The minimum absolute atomic E-state index is 0.382. The van der Waals surface area contributed by atoms with Crippen LogP contribution in [-0.4, -0.2) is 13.0 Å². The van der Waals surface area contributed by atoms with Crippen LogP contribution >= 0.6 is 0 Å². The van der Waals surface area contributed by atoms with Crippen molar-refractivity contribution in [1.29, 1.82) is 0 Å². The molecule has 60 valence electrons. The van der Waals surface area contributed by atoms with E-state index in [-0.39, 0.29) is 6.04 Å². The third-order valence-corrected chi connectivity index (χ3v) is 1.07. The van der Waals surface area contributed by atoms with E-state index in [1.54, 1.807) is 0 Å². The van der Waals surface area contributed by atoms with Gasteiger partial charge in [0.05, 0.1) is 1.37 Å². The summed E-state index contributed by atoms with van der Waals surface area (Å²) in [6.45, 7) is -6.77. The molecule has 0 spiro atoms. The van der Waals surface area contributed by atoms with Crippen molar-refractivity contribution in [1.82, 2.24) is 5.31 Å². The fraction of sp³-hybridized carbons (Fsp3) is 0.400. The Morgan fingerprint density at radius 1 is 1.91 bits per heavy atom. The lowest BCUT2D eigenvalue weighted by Gasteiger charge is -2.08. The number of benzene rings is 1. The lowest BCUT2D eigenvalue weighted by molar-refractivity contribution is 0.608. The second kappa shape index (κ2) is 4.14. The highest BCUT2D eigenvalue weighted by atomic mass is 14.8. The lowest BCUT2D eigenvalue weighted by atomic mass is 10.1. The third kappa shape index (κ3) is 2.72. The van der Waals surface area contributed by atoms with E-state index in [1.807, 2.05) is 0 Å². The highest BCUT2D eigenvalue weighted by molar-refractivity contribution is 5.15. The van der Waals surface area contributed by atoms with Gasteiger partial charge in [-0.15, -0.1) is 0 Å². The Kier molecular flexibility index (Phi) is 0.720. The summed E-state index contributed by atoms with van der Waals surface area (Å²) >= 11 is 0. The van der Waals surface area contributed by atoms with E-state index in [1.165, 1.54) is 18.2 Å². The zero-order chi connectivity index (χ0) is 17.6. The molecule has 1 heteroatoms. The molecule has 0 saturated heterocycles. The SMILES string of the molecule is [2H]c1ccccc1C([2H])([2H])C([2H])(N([2H])C([2H])([2H])[2H])C([2H])([2H])[2H]. The van der Waals surface area contributed by atoms with Crippen LogP contribution in [-0.2, 0) is 6.37 Å². The maximum absolute atomic E-state index is 8.03. The summed E-state index contributed by atoms with van der Waals surface area (Å²) in [4.78, 5) is 0. The van der Waals surface area contributed by atoms with Gasteiger partial charge in [0.2, 0.25) is 0 Å². The molecule has 0 aromatic heterocycles. The highest BCUT2D eigenvalue weighted by Crippen LogP contribution is 2.01. The number of likely N-dealkylation sites (N-methyl/N-ethyl adjacent to an activating group) is 1. The van der Waals surface area contributed by atoms with Gasteiger partial charge in [0.1, 0.15) is 1.41 Å². The van der Waals surface area contributed by atoms with Gasteiger partial charge in [-0.25, -0.2) is 0 Å². The molecule has 0 bridgehead atoms. The molecule has 1 unspecified atom stereocenters. The predicted octanol–water partition coefficient (Wildman–Crippen LogP) is 1.84. The van der Waals surface area contributed by atoms with E-state index in [0.717, 1.165) is 6.07 Å². The van der Waals surface area contributed by atoms with Gasteiger partial charge < -0.3 is 5.31 Å². The maximum atomic E-state index is 8.03. The number of nitrogens with one attached hydrogen (secondary N) is 1. The quantitative estimate of drug-likeness (QED) is 0.711. The van der Waals surface area contributed by atoms with Gasteiger partial charge in [0.15, 0.2) is 0 Å². The summed E-state index contributed by atoms with van der Waals surface area (Å²) in [6, 6.07) is 1.25. The Morgan fingerprint density at radius 3 is 3.64 bits per heavy atom. The van der Waals surface area contributed by atoms with Crippen molar-refractivity contribution in [3.63, 3.8) is 0 Å². The van der Waals surface area contributed by atoms with E-state index in [0.29, 0.717) is 0 Å². The third-order valence-electron chi connectivity index (χ3n) is 1.07. The second-order valence-corrected chi connectivity index (χ2v) is 1.86. The summed E-state index contributed by atoms with van der Waals surface area (Å²) in [7, 11) is 0. The van der Waals surface area contributed by atoms with Crippen LogP contribution in [0.4, 0.5) is 0 Å². The molecular weight excluding hydrogens is 134 g/mol. The minimum atomic E-state index is -3.45. The van der Waals surface area contributed by atoms with Gasteiger partial charge in [-0.05, 0) is 25.8 Å². The van der Waals surface area contributed by atoms with Crippen LogP contribution in [0.2, 0.25) is 1.41 Å². The first kappa shape index (κ1) is 1.91. The second-order valence-electron chi connectivity index (χ2n) is 1.86. The molecule has 0 aliphatic carbocycles.